The third-order valence-electron chi connectivity index (χ3n) is 6.66. The van der Waals surface area contributed by atoms with E-state index in [9.17, 15) is 14.4 Å². The molecule has 2 N–H and O–H groups in total. The van der Waals surface area contributed by atoms with Crippen molar-refractivity contribution in [2.24, 2.45) is 5.41 Å². The van der Waals surface area contributed by atoms with Gasteiger partial charge in [-0.15, -0.1) is 0 Å². The molecule has 2 aromatic rings. The monoisotopic (exact) mass is 533 g/mol. The van der Waals surface area contributed by atoms with Crippen LogP contribution in [0, 0.1) is 16.7 Å². The fourth-order valence-corrected chi connectivity index (χ4v) is 4.24. The van der Waals surface area contributed by atoms with Gasteiger partial charge < -0.3 is 15.4 Å². The lowest BCUT2D eigenvalue weighted by atomic mass is 9.80. The number of hydrogen-bond donors (Lipinski definition) is 2. The summed E-state index contributed by atoms with van der Waals surface area (Å²) in [7, 11) is 0. The second kappa shape index (κ2) is 14.5. The van der Waals surface area contributed by atoms with Crippen molar-refractivity contribution in [2.75, 3.05) is 0 Å². The highest BCUT2D eigenvalue weighted by atomic mass is 16.6. The Morgan fingerprint density at radius 2 is 1.54 bits per heavy atom. The number of rotatable bonds is 13. The zero-order chi connectivity index (χ0) is 29.1. The molecular weight excluding hydrogens is 490 g/mol. The SMILES string of the molecule is CCCCCCC(NC(=O)c1ccc(C#N)cc1)C(C)(C)C(=O)N[C@@H](Cc1ccccc1)C(=O)OC(C)(C)C. The molecule has 1 unspecified atom stereocenters. The molecule has 0 saturated carbocycles. The second-order valence-electron chi connectivity index (χ2n) is 11.5. The van der Waals surface area contributed by atoms with Crippen molar-refractivity contribution in [1.29, 1.82) is 5.26 Å². The van der Waals surface area contributed by atoms with Crippen molar-refractivity contribution in [2.45, 2.75) is 97.8 Å². The van der Waals surface area contributed by atoms with E-state index in [4.69, 9.17) is 10.00 Å². The fraction of sp³-hybridized carbons (Fsp3) is 0.500. The second-order valence-corrected chi connectivity index (χ2v) is 11.5. The molecular formula is C32H43N3O4. The van der Waals surface area contributed by atoms with Crippen molar-refractivity contribution in [3.05, 3.63) is 71.3 Å². The molecule has 0 heterocycles. The third kappa shape index (κ3) is 10.2. The summed E-state index contributed by atoms with van der Waals surface area (Å²) in [6.07, 6.45) is 4.88. The first-order valence-electron chi connectivity index (χ1n) is 13.8. The molecule has 2 rings (SSSR count). The van der Waals surface area contributed by atoms with E-state index in [0.29, 0.717) is 17.5 Å². The summed E-state index contributed by atoms with van der Waals surface area (Å²) >= 11 is 0. The summed E-state index contributed by atoms with van der Waals surface area (Å²) in [4.78, 5) is 40.0. The van der Waals surface area contributed by atoms with Gasteiger partial charge in [0.1, 0.15) is 11.6 Å². The summed E-state index contributed by atoms with van der Waals surface area (Å²) < 4.78 is 5.63. The molecule has 210 valence electrons. The minimum absolute atomic E-state index is 0.288. The average Bonchev–Trinajstić information content (AvgIpc) is 2.89. The van der Waals surface area contributed by atoms with E-state index in [2.05, 4.69) is 17.6 Å². The largest absolute Gasteiger partial charge is 0.458 e. The van der Waals surface area contributed by atoms with E-state index in [1.54, 1.807) is 58.9 Å². The predicted octanol–water partition coefficient (Wildman–Crippen LogP) is 5.72. The molecule has 0 spiro atoms. The highest BCUT2D eigenvalue weighted by molar-refractivity contribution is 5.95. The Kier molecular flexibility index (Phi) is 11.7. The fourth-order valence-electron chi connectivity index (χ4n) is 4.24. The van der Waals surface area contributed by atoms with Crippen LogP contribution in [0.4, 0.5) is 0 Å². The van der Waals surface area contributed by atoms with Gasteiger partial charge in [0.15, 0.2) is 0 Å². The topological polar surface area (TPSA) is 108 Å². The standard InChI is InChI=1S/C32H43N3O4/c1-7-8-9-13-16-27(35-28(36)25-19-17-24(22-33)18-20-25)32(5,6)30(38)34-26(29(37)39-31(2,3)4)21-23-14-11-10-12-15-23/h10-12,14-15,17-20,26-27H,7-9,13,16,21H2,1-6H3,(H,34,38)(H,35,36)/t26-,27?/m0/s1. The van der Waals surface area contributed by atoms with Crippen LogP contribution >= 0.6 is 0 Å². The van der Waals surface area contributed by atoms with Crippen LogP contribution in [0.15, 0.2) is 54.6 Å². The molecule has 39 heavy (non-hydrogen) atoms. The molecule has 2 atom stereocenters. The Balaban J connectivity index is 2.27. The number of esters is 1. The van der Waals surface area contributed by atoms with E-state index in [1.165, 1.54) is 0 Å². The third-order valence-corrected chi connectivity index (χ3v) is 6.66. The number of carbonyl (C=O) groups is 3. The quantitative estimate of drug-likeness (QED) is 0.253. The van der Waals surface area contributed by atoms with E-state index in [-0.39, 0.29) is 18.2 Å². The van der Waals surface area contributed by atoms with Gasteiger partial charge in [-0.05, 0) is 70.9 Å². The highest BCUT2D eigenvalue weighted by Gasteiger charge is 2.40. The van der Waals surface area contributed by atoms with Crippen molar-refractivity contribution in [3.8, 4) is 6.07 Å². The molecule has 0 aromatic heterocycles. The predicted molar refractivity (Wildman–Crippen MR) is 153 cm³/mol. The minimum atomic E-state index is -1.02. The molecule has 0 fully saturated rings. The van der Waals surface area contributed by atoms with E-state index in [1.807, 2.05) is 36.4 Å². The number of unbranched alkanes of at least 4 members (excludes halogenated alkanes) is 3. The van der Waals surface area contributed by atoms with Gasteiger partial charge >= 0.3 is 5.97 Å². The van der Waals surface area contributed by atoms with Crippen LogP contribution in [-0.2, 0) is 20.7 Å². The van der Waals surface area contributed by atoms with Crippen molar-refractivity contribution in [3.63, 3.8) is 0 Å². The number of nitrogens with one attached hydrogen (secondary N) is 2. The van der Waals surface area contributed by atoms with Gasteiger partial charge in [-0.2, -0.15) is 5.26 Å². The summed E-state index contributed by atoms with van der Waals surface area (Å²) in [5, 5.41) is 15.1. The van der Waals surface area contributed by atoms with Crippen LogP contribution in [0.5, 0.6) is 0 Å². The van der Waals surface area contributed by atoms with E-state index in [0.717, 1.165) is 31.2 Å². The number of amides is 2. The van der Waals surface area contributed by atoms with Crippen LogP contribution < -0.4 is 10.6 Å². The molecule has 0 saturated heterocycles. The molecule has 2 aromatic carbocycles. The van der Waals surface area contributed by atoms with Gasteiger partial charge in [0.25, 0.3) is 5.91 Å². The summed E-state index contributed by atoms with van der Waals surface area (Å²) in [5.74, 6) is -1.15. The number of nitrogens with zero attached hydrogens (tertiary/aromatic N) is 1. The lowest BCUT2D eigenvalue weighted by Gasteiger charge is -2.35. The molecule has 0 bridgehead atoms. The first kappa shape index (κ1) is 31.6. The Morgan fingerprint density at radius 1 is 0.897 bits per heavy atom. The van der Waals surface area contributed by atoms with E-state index >= 15 is 0 Å². The van der Waals surface area contributed by atoms with Crippen LogP contribution in [0.25, 0.3) is 0 Å². The Bertz CT molecular complexity index is 1130. The lowest BCUT2D eigenvalue weighted by molar-refractivity contribution is -0.159. The summed E-state index contributed by atoms with van der Waals surface area (Å²) in [6, 6.07) is 16.6. The maximum Gasteiger partial charge on any atom is 0.329 e. The lowest BCUT2D eigenvalue weighted by Crippen LogP contribution is -2.56. The van der Waals surface area contributed by atoms with Gasteiger partial charge in [-0.1, -0.05) is 62.9 Å². The van der Waals surface area contributed by atoms with Crippen LogP contribution in [0.3, 0.4) is 0 Å². The first-order valence-corrected chi connectivity index (χ1v) is 13.8. The van der Waals surface area contributed by atoms with Crippen LogP contribution in [-0.4, -0.2) is 35.5 Å². The molecule has 7 heteroatoms. The van der Waals surface area contributed by atoms with Crippen molar-refractivity contribution >= 4 is 17.8 Å². The smallest absolute Gasteiger partial charge is 0.329 e. The Hall–Kier alpha value is -3.66. The average molecular weight is 534 g/mol. The van der Waals surface area contributed by atoms with Gasteiger partial charge in [-0.3, -0.25) is 9.59 Å². The van der Waals surface area contributed by atoms with Gasteiger partial charge in [-0.25, -0.2) is 4.79 Å². The minimum Gasteiger partial charge on any atom is -0.458 e. The molecule has 7 nitrogen and oxygen atoms in total. The van der Waals surface area contributed by atoms with Gasteiger partial charge in [0.2, 0.25) is 5.91 Å². The van der Waals surface area contributed by atoms with Gasteiger partial charge in [0.05, 0.1) is 17.0 Å². The Labute approximate surface area is 233 Å². The molecule has 0 radical (unpaired) electrons. The maximum absolute atomic E-state index is 13.8. The molecule has 0 aliphatic heterocycles. The number of carbonyl (C=O) groups excluding carboxylic acids is 3. The summed E-state index contributed by atoms with van der Waals surface area (Å²) in [6.45, 7) is 11.1. The van der Waals surface area contributed by atoms with Crippen molar-refractivity contribution in [1.82, 2.24) is 10.6 Å². The normalized spacial score (nSPS) is 13.1. The first-order chi connectivity index (χ1) is 18.4. The van der Waals surface area contributed by atoms with E-state index < -0.39 is 29.1 Å². The van der Waals surface area contributed by atoms with Crippen LogP contribution in [0.2, 0.25) is 0 Å². The maximum atomic E-state index is 13.8. The zero-order valence-electron chi connectivity index (χ0n) is 24.2. The molecule has 2 amide bonds. The number of hydrogen-bond acceptors (Lipinski definition) is 5. The molecule has 0 aliphatic rings. The van der Waals surface area contributed by atoms with Gasteiger partial charge in [0, 0.05) is 18.0 Å². The number of nitriles is 1. The number of ether oxygens (including phenoxy) is 1. The molecule has 0 aliphatic carbocycles. The van der Waals surface area contributed by atoms with Crippen molar-refractivity contribution < 1.29 is 19.1 Å². The Morgan fingerprint density at radius 3 is 2.10 bits per heavy atom. The summed E-state index contributed by atoms with van der Waals surface area (Å²) in [5.41, 5.74) is 0.0549. The number of benzene rings is 2. The zero-order valence-corrected chi connectivity index (χ0v) is 24.2. The van der Waals surface area contributed by atoms with Crippen LogP contribution in [0.1, 0.15) is 95.1 Å². The highest BCUT2D eigenvalue weighted by Crippen LogP contribution is 2.27.